The lowest BCUT2D eigenvalue weighted by Gasteiger charge is -2.06. The van der Waals surface area contributed by atoms with Crippen LogP contribution in [0, 0.1) is 6.92 Å². The van der Waals surface area contributed by atoms with Crippen molar-refractivity contribution in [3.63, 3.8) is 0 Å². The van der Waals surface area contributed by atoms with Gasteiger partial charge >= 0.3 is 0 Å². The zero-order valence-corrected chi connectivity index (χ0v) is 7.84. The first-order valence-corrected chi connectivity index (χ1v) is 4.51. The Labute approximate surface area is 76.8 Å². The highest BCUT2D eigenvalue weighted by Crippen LogP contribution is 1.96. The molecule has 0 saturated heterocycles. The zero-order valence-electron chi connectivity index (χ0n) is 7.09. The highest BCUT2D eigenvalue weighted by molar-refractivity contribution is 6.17. The van der Waals surface area contributed by atoms with E-state index in [0.717, 1.165) is 18.7 Å². The number of aromatic nitrogens is 1. The average molecular weight is 186 g/mol. The predicted molar refractivity (Wildman–Crippen MR) is 50.8 cm³/mol. The fourth-order valence-corrected chi connectivity index (χ4v) is 1.25. The summed E-state index contributed by atoms with van der Waals surface area (Å²) in [5.41, 5.74) is 1.05. The molecule has 0 aliphatic heterocycles. The van der Waals surface area contributed by atoms with Gasteiger partial charge in [0.05, 0.1) is 0 Å². The van der Waals surface area contributed by atoms with Crippen LogP contribution < -0.4 is 5.56 Å². The molecule has 0 N–H and O–H groups in total. The molecule has 66 valence electrons. The monoisotopic (exact) mass is 185 g/mol. The number of nitrogens with zero attached hydrogens (tertiary/aromatic N) is 1. The zero-order chi connectivity index (χ0) is 8.97. The van der Waals surface area contributed by atoms with Gasteiger partial charge in [-0.05, 0) is 19.4 Å². The van der Waals surface area contributed by atoms with Gasteiger partial charge in [-0.1, -0.05) is 6.07 Å². The van der Waals surface area contributed by atoms with E-state index in [1.807, 2.05) is 13.0 Å². The van der Waals surface area contributed by atoms with Gasteiger partial charge in [0, 0.05) is 24.2 Å². The lowest BCUT2D eigenvalue weighted by molar-refractivity contribution is 0.638. The molecule has 1 aromatic rings. The second kappa shape index (κ2) is 4.31. The van der Waals surface area contributed by atoms with Gasteiger partial charge in [-0.15, -0.1) is 11.6 Å². The molecule has 0 aromatic carbocycles. The molecule has 0 amide bonds. The van der Waals surface area contributed by atoms with E-state index < -0.39 is 0 Å². The molecular weight excluding hydrogens is 174 g/mol. The Morgan fingerprint density at radius 3 is 2.83 bits per heavy atom. The number of alkyl halides is 1. The van der Waals surface area contributed by atoms with Gasteiger partial charge in [0.15, 0.2) is 0 Å². The van der Waals surface area contributed by atoms with E-state index in [2.05, 4.69) is 0 Å². The second-order valence-corrected chi connectivity index (χ2v) is 3.08. The van der Waals surface area contributed by atoms with Crippen LogP contribution in [0.2, 0.25) is 0 Å². The predicted octanol–water partition coefficient (Wildman–Crippen LogP) is 1.79. The molecule has 12 heavy (non-hydrogen) atoms. The van der Waals surface area contributed by atoms with Crippen LogP contribution in [0.3, 0.4) is 0 Å². The molecule has 0 aliphatic carbocycles. The minimum atomic E-state index is 0.0557. The number of halogens is 1. The van der Waals surface area contributed by atoms with Crippen molar-refractivity contribution in [2.75, 3.05) is 5.88 Å². The van der Waals surface area contributed by atoms with Crippen molar-refractivity contribution in [2.45, 2.75) is 19.9 Å². The maximum Gasteiger partial charge on any atom is 0.250 e. The van der Waals surface area contributed by atoms with Crippen LogP contribution in [0.5, 0.6) is 0 Å². The first kappa shape index (κ1) is 9.33. The van der Waals surface area contributed by atoms with Crippen LogP contribution in [-0.4, -0.2) is 10.4 Å². The van der Waals surface area contributed by atoms with Gasteiger partial charge < -0.3 is 4.57 Å². The summed E-state index contributed by atoms with van der Waals surface area (Å²) < 4.78 is 1.74. The minimum Gasteiger partial charge on any atom is -0.313 e. The van der Waals surface area contributed by atoms with E-state index in [1.165, 1.54) is 0 Å². The second-order valence-electron chi connectivity index (χ2n) is 2.70. The molecule has 2 nitrogen and oxygen atoms in total. The van der Waals surface area contributed by atoms with Gasteiger partial charge in [0.2, 0.25) is 0 Å². The van der Waals surface area contributed by atoms with Crippen LogP contribution in [0.4, 0.5) is 0 Å². The van der Waals surface area contributed by atoms with Crippen LogP contribution in [-0.2, 0) is 6.54 Å². The summed E-state index contributed by atoms with van der Waals surface area (Å²) >= 11 is 5.54. The molecule has 0 aliphatic rings. The Bertz CT molecular complexity index is 306. The normalized spacial score (nSPS) is 10.2. The Kier molecular flexibility index (Phi) is 3.35. The fourth-order valence-electron chi connectivity index (χ4n) is 1.13. The number of hydrogen-bond donors (Lipinski definition) is 0. The molecule has 1 rings (SSSR count). The van der Waals surface area contributed by atoms with Crippen molar-refractivity contribution in [3.8, 4) is 0 Å². The summed E-state index contributed by atoms with van der Waals surface area (Å²) in [6, 6.07) is 5.27. The van der Waals surface area contributed by atoms with E-state index in [0.29, 0.717) is 5.88 Å². The largest absolute Gasteiger partial charge is 0.313 e. The van der Waals surface area contributed by atoms with E-state index >= 15 is 0 Å². The SMILES string of the molecule is Cc1cccc(=O)n1CCCCl. The number of pyridine rings is 1. The highest BCUT2D eigenvalue weighted by atomic mass is 35.5. The summed E-state index contributed by atoms with van der Waals surface area (Å²) in [6.07, 6.45) is 0.840. The van der Waals surface area contributed by atoms with E-state index in [4.69, 9.17) is 11.6 Å². The fraction of sp³-hybridized carbons (Fsp3) is 0.444. The molecule has 0 spiro atoms. The lowest BCUT2D eigenvalue weighted by atomic mass is 10.3. The van der Waals surface area contributed by atoms with E-state index in [1.54, 1.807) is 16.7 Å². The van der Waals surface area contributed by atoms with Crippen LogP contribution in [0.1, 0.15) is 12.1 Å². The first-order chi connectivity index (χ1) is 5.75. The maximum absolute atomic E-state index is 11.3. The Morgan fingerprint density at radius 1 is 1.50 bits per heavy atom. The van der Waals surface area contributed by atoms with E-state index in [-0.39, 0.29) is 5.56 Å². The molecule has 0 atom stereocenters. The Morgan fingerprint density at radius 2 is 2.25 bits per heavy atom. The molecule has 0 bridgehead atoms. The molecular formula is C9H12ClNO. The molecule has 3 heteroatoms. The molecule has 0 radical (unpaired) electrons. The van der Waals surface area contributed by atoms with Crippen molar-refractivity contribution in [2.24, 2.45) is 0 Å². The lowest BCUT2D eigenvalue weighted by Crippen LogP contribution is -2.21. The molecule has 1 aromatic heterocycles. The number of hydrogen-bond acceptors (Lipinski definition) is 1. The van der Waals surface area contributed by atoms with Gasteiger partial charge in [0.25, 0.3) is 5.56 Å². The quantitative estimate of drug-likeness (QED) is 0.659. The van der Waals surface area contributed by atoms with Crippen LogP contribution >= 0.6 is 11.6 Å². The first-order valence-electron chi connectivity index (χ1n) is 3.98. The van der Waals surface area contributed by atoms with Crippen LogP contribution in [0.15, 0.2) is 23.0 Å². The summed E-state index contributed by atoms with van der Waals surface area (Å²) in [4.78, 5) is 11.3. The van der Waals surface area contributed by atoms with Gasteiger partial charge in [-0.3, -0.25) is 4.79 Å². The van der Waals surface area contributed by atoms with Gasteiger partial charge in [-0.25, -0.2) is 0 Å². The summed E-state index contributed by atoms with van der Waals surface area (Å²) in [7, 11) is 0. The average Bonchev–Trinajstić information content (AvgIpc) is 2.04. The number of rotatable bonds is 3. The summed E-state index contributed by atoms with van der Waals surface area (Å²) in [5.74, 6) is 0.598. The molecule has 0 saturated carbocycles. The highest BCUT2D eigenvalue weighted by Gasteiger charge is 1.96. The van der Waals surface area contributed by atoms with Gasteiger partial charge in [0.1, 0.15) is 0 Å². The molecule has 1 heterocycles. The third-order valence-electron chi connectivity index (χ3n) is 1.78. The van der Waals surface area contributed by atoms with Crippen molar-refractivity contribution in [1.82, 2.24) is 4.57 Å². The summed E-state index contributed by atoms with van der Waals surface area (Å²) in [6.45, 7) is 2.64. The topological polar surface area (TPSA) is 22.0 Å². The maximum atomic E-state index is 11.3. The molecule has 0 fully saturated rings. The summed E-state index contributed by atoms with van der Waals surface area (Å²) in [5, 5.41) is 0. The van der Waals surface area contributed by atoms with E-state index in [9.17, 15) is 4.79 Å². The van der Waals surface area contributed by atoms with Crippen molar-refractivity contribution in [3.05, 3.63) is 34.2 Å². The van der Waals surface area contributed by atoms with Gasteiger partial charge in [-0.2, -0.15) is 0 Å². The standard InChI is InChI=1S/C9H12ClNO/c1-8-4-2-5-9(12)11(8)7-3-6-10/h2,4-5H,3,6-7H2,1H3. The Balaban J connectivity index is 2.89. The molecule has 0 unspecified atom stereocenters. The van der Waals surface area contributed by atoms with Crippen LogP contribution in [0.25, 0.3) is 0 Å². The van der Waals surface area contributed by atoms with Crippen molar-refractivity contribution >= 4 is 11.6 Å². The minimum absolute atomic E-state index is 0.0557. The van der Waals surface area contributed by atoms with Crippen molar-refractivity contribution < 1.29 is 0 Å². The number of aryl methyl sites for hydroxylation is 1. The Hall–Kier alpha value is -0.760. The third-order valence-corrected chi connectivity index (χ3v) is 2.05. The smallest absolute Gasteiger partial charge is 0.250 e. The third kappa shape index (κ3) is 2.11. The van der Waals surface area contributed by atoms with Crippen molar-refractivity contribution in [1.29, 1.82) is 0 Å².